The van der Waals surface area contributed by atoms with Gasteiger partial charge >= 0.3 is 0 Å². The van der Waals surface area contributed by atoms with Gasteiger partial charge in [0.15, 0.2) is 5.13 Å². The van der Waals surface area contributed by atoms with E-state index in [9.17, 15) is 4.79 Å². The Morgan fingerprint density at radius 3 is 2.58 bits per heavy atom. The third kappa shape index (κ3) is 4.19. The molecule has 0 N–H and O–H groups in total. The molecule has 4 rings (SSSR count). The van der Waals surface area contributed by atoms with Crippen molar-refractivity contribution < 1.29 is 14.3 Å². The lowest BCUT2D eigenvalue weighted by Crippen LogP contribution is -2.31. The molecule has 31 heavy (non-hydrogen) atoms. The molecule has 1 amide bonds. The Morgan fingerprint density at radius 1 is 1.10 bits per heavy atom. The molecule has 2 heterocycles. The summed E-state index contributed by atoms with van der Waals surface area (Å²) >= 11 is 7.62. The van der Waals surface area contributed by atoms with Crippen molar-refractivity contribution in [3.63, 3.8) is 0 Å². The number of aromatic nitrogens is 2. The van der Waals surface area contributed by atoms with E-state index in [1.54, 1.807) is 36.4 Å². The first-order chi connectivity index (χ1) is 15.0. The molecule has 8 heteroatoms. The summed E-state index contributed by atoms with van der Waals surface area (Å²) < 4.78 is 11.9. The quantitative estimate of drug-likeness (QED) is 0.384. The van der Waals surface area contributed by atoms with Gasteiger partial charge in [-0.25, -0.2) is 4.98 Å². The standard InChI is InChI=1S/C23H20ClN3O3S/c1-14-7-9-19(30-3)20-21(14)31-23(26-20)27(13-16-6-4-5-11-25-16)22(28)17-12-15(24)8-10-18(17)29-2/h4-12H,13H2,1-3H3. The van der Waals surface area contributed by atoms with Crippen LogP contribution in [0.15, 0.2) is 54.7 Å². The molecule has 158 valence electrons. The van der Waals surface area contributed by atoms with Gasteiger partial charge in [0.1, 0.15) is 17.0 Å². The topological polar surface area (TPSA) is 64.5 Å². The zero-order valence-electron chi connectivity index (χ0n) is 17.3. The molecule has 0 aliphatic heterocycles. The number of methoxy groups -OCH3 is 2. The smallest absolute Gasteiger partial charge is 0.264 e. The molecule has 6 nitrogen and oxygen atoms in total. The van der Waals surface area contributed by atoms with E-state index >= 15 is 0 Å². The molecule has 0 aliphatic rings. The fraction of sp³-hybridized carbons (Fsp3) is 0.174. The number of fused-ring (bicyclic) bond motifs is 1. The minimum Gasteiger partial charge on any atom is -0.496 e. The molecule has 0 spiro atoms. The van der Waals surface area contributed by atoms with Crippen molar-refractivity contribution in [1.82, 2.24) is 9.97 Å². The maximum Gasteiger partial charge on any atom is 0.264 e. The van der Waals surface area contributed by atoms with Gasteiger partial charge in [-0.15, -0.1) is 0 Å². The van der Waals surface area contributed by atoms with Crippen molar-refractivity contribution in [3.05, 3.63) is 76.6 Å². The number of ether oxygens (including phenoxy) is 2. The molecule has 0 bridgehead atoms. The molecule has 2 aromatic carbocycles. The lowest BCUT2D eigenvalue weighted by atomic mass is 10.1. The highest BCUT2D eigenvalue weighted by molar-refractivity contribution is 7.22. The van der Waals surface area contributed by atoms with E-state index in [-0.39, 0.29) is 12.5 Å². The number of hydrogen-bond acceptors (Lipinski definition) is 6. The zero-order chi connectivity index (χ0) is 22.0. The van der Waals surface area contributed by atoms with Gasteiger partial charge in [0.05, 0.1) is 36.7 Å². The average molecular weight is 454 g/mol. The summed E-state index contributed by atoms with van der Waals surface area (Å²) in [7, 11) is 3.13. The van der Waals surface area contributed by atoms with Crippen LogP contribution >= 0.6 is 22.9 Å². The van der Waals surface area contributed by atoms with Crippen molar-refractivity contribution >= 4 is 44.2 Å². The van der Waals surface area contributed by atoms with E-state index in [0.717, 1.165) is 21.5 Å². The van der Waals surface area contributed by atoms with Gasteiger partial charge in [0.25, 0.3) is 5.91 Å². The molecular weight excluding hydrogens is 434 g/mol. The number of halogens is 1. The Kier molecular flexibility index (Phi) is 6.06. The van der Waals surface area contributed by atoms with E-state index in [4.69, 9.17) is 26.1 Å². The largest absolute Gasteiger partial charge is 0.496 e. The van der Waals surface area contributed by atoms with Crippen molar-refractivity contribution in [2.75, 3.05) is 19.1 Å². The number of anilines is 1. The van der Waals surface area contributed by atoms with E-state index in [0.29, 0.717) is 27.2 Å². The molecule has 2 aromatic heterocycles. The number of carbonyl (C=O) groups is 1. The lowest BCUT2D eigenvalue weighted by Gasteiger charge is -2.21. The van der Waals surface area contributed by atoms with Gasteiger partial charge in [-0.1, -0.05) is 35.1 Å². The number of aryl methyl sites for hydroxylation is 1. The van der Waals surface area contributed by atoms with Crippen LogP contribution in [0, 0.1) is 6.92 Å². The Hall–Kier alpha value is -3.16. The van der Waals surface area contributed by atoms with E-state index in [1.165, 1.54) is 18.4 Å². The molecule has 4 aromatic rings. The summed E-state index contributed by atoms with van der Waals surface area (Å²) in [5.41, 5.74) is 2.87. The SMILES string of the molecule is COc1ccc(Cl)cc1C(=O)N(Cc1ccccn1)c1nc2c(OC)ccc(C)c2s1. The monoisotopic (exact) mass is 453 g/mol. The minimum atomic E-state index is -0.277. The molecule has 0 fully saturated rings. The van der Waals surface area contributed by atoms with Crippen LogP contribution in [0.4, 0.5) is 5.13 Å². The second-order valence-corrected chi connectivity index (χ2v) is 8.23. The molecule has 0 saturated heterocycles. The van der Waals surface area contributed by atoms with E-state index in [1.807, 2.05) is 37.3 Å². The fourth-order valence-corrected chi connectivity index (χ4v) is 4.47. The van der Waals surface area contributed by atoms with E-state index in [2.05, 4.69) is 4.98 Å². The highest BCUT2D eigenvalue weighted by Gasteiger charge is 2.26. The summed E-state index contributed by atoms with van der Waals surface area (Å²) in [5, 5.41) is 0.990. The summed E-state index contributed by atoms with van der Waals surface area (Å²) in [4.78, 5) is 24.4. The van der Waals surface area contributed by atoms with Crippen LogP contribution in [0.25, 0.3) is 10.2 Å². The van der Waals surface area contributed by atoms with Crippen LogP contribution in [0.3, 0.4) is 0 Å². The Bertz CT molecular complexity index is 1240. The van der Waals surface area contributed by atoms with Gasteiger partial charge in [-0.3, -0.25) is 14.7 Å². The Morgan fingerprint density at radius 2 is 1.87 bits per heavy atom. The molecular formula is C23H20ClN3O3S. The summed E-state index contributed by atoms with van der Waals surface area (Å²) in [6, 6.07) is 14.4. The summed E-state index contributed by atoms with van der Waals surface area (Å²) in [6.45, 7) is 2.26. The highest BCUT2D eigenvalue weighted by Crippen LogP contribution is 2.38. The first-order valence-corrected chi connectivity index (χ1v) is 10.7. The van der Waals surface area contributed by atoms with Gasteiger partial charge in [-0.05, 0) is 48.9 Å². The lowest BCUT2D eigenvalue weighted by molar-refractivity contribution is 0.0982. The Labute approximate surface area is 189 Å². The normalized spacial score (nSPS) is 10.8. The van der Waals surface area contributed by atoms with Crippen LogP contribution in [0.1, 0.15) is 21.6 Å². The molecule has 0 unspecified atom stereocenters. The maximum atomic E-state index is 13.7. The number of thiazole rings is 1. The number of amides is 1. The number of hydrogen-bond donors (Lipinski definition) is 0. The second-order valence-electron chi connectivity index (χ2n) is 6.82. The van der Waals surface area contributed by atoms with Gasteiger partial charge in [0.2, 0.25) is 0 Å². The maximum absolute atomic E-state index is 13.7. The van der Waals surface area contributed by atoms with Crippen molar-refractivity contribution in [2.24, 2.45) is 0 Å². The number of benzene rings is 2. The third-order valence-electron chi connectivity index (χ3n) is 4.83. The first-order valence-electron chi connectivity index (χ1n) is 9.51. The van der Waals surface area contributed by atoms with Crippen LogP contribution in [0.5, 0.6) is 11.5 Å². The fourth-order valence-electron chi connectivity index (χ4n) is 3.25. The summed E-state index contributed by atoms with van der Waals surface area (Å²) in [6.07, 6.45) is 1.70. The minimum absolute atomic E-state index is 0.247. The summed E-state index contributed by atoms with van der Waals surface area (Å²) in [5.74, 6) is 0.824. The Balaban J connectivity index is 1.86. The number of carbonyl (C=O) groups excluding carboxylic acids is 1. The third-order valence-corrected chi connectivity index (χ3v) is 6.28. The van der Waals surface area contributed by atoms with Gasteiger partial charge < -0.3 is 9.47 Å². The molecule has 0 radical (unpaired) electrons. The van der Waals surface area contributed by atoms with Crippen molar-refractivity contribution in [1.29, 1.82) is 0 Å². The predicted molar refractivity (Wildman–Crippen MR) is 124 cm³/mol. The van der Waals surface area contributed by atoms with E-state index < -0.39 is 0 Å². The van der Waals surface area contributed by atoms with Crippen LogP contribution in [-0.4, -0.2) is 30.1 Å². The van der Waals surface area contributed by atoms with Crippen LogP contribution in [0.2, 0.25) is 5.02 Å². The van der Waals surface area contributed by atoms with Crippen molar-refractivity contribution in [3.8, 4) is 11.5 Å². The van der Waals surface area contributed by atoms with Gasteiger partial charge in [0, 0.05) is 11.2 Å². The van der Waals surface area contributed by atoms with Crippen molar-refractivity contribution in [2.45, 2.75) is 13.5 Å². The predicted octanol–water partition coefficient (Wildman–Crippen LogP) is 5.52. The average Bonchev–Trinajstić information content (AvgIpc) is 3.24. The number of nitrogens with zero attached hydrogens (tertiary/aromatic N) is 3. The van der Waals surface area contributed by atoms with Crippen LogP contribution < -0.4 is 14.4 Å². The van der Waals surface area contributed by atoms with Crippen LogP contribution in [-0.2, 0) is 6.54 Å². The van der Waals surface area contributed by atoms with Gasteiger partial charge in [-0.2, -0.15) is 0 Å². The zero-order valence-corrected chi connectivity index (χ0v) is 18.8. The molecule has 0 aliphatic carbocycles. The first kappa shape index (κ1) is 21.1. The molecule has 0 saturated carbocycles. The molecule has 0 atom stereocenters. The highest BCUT2D eigenvalue weighted by atomic mass is 35.5. The number of rotatable bonds is 6. The second kappa shape index (κ2) is 8.91. The number of pyridine rings is 1.